The maximum absolute atomic E-state index is 15.0. The fraction of sp³-hybridized carbons (Fsp3) is 0.462. The molecule has 0 aliphatic carbocycles. The quantitative estimate of drug-likeness (QED) is 0.160. The van der Waals surface area contributed by atoms with E-state index in [-0.39, 0.29) is 96.4 Å². The number of likely N-dealkylation sites (tertiary alicyclic amines) is 1. The van der Waals surface area contributed by atoms with Crippen LogP contribution in [-0.4, -0.2) is 79.8 Å². The number of alkyl halides is 3. The Morgan fingerprint density at radius 2 is 1.70 bits per heavy atom. The molecule has 0 bridgehead atoms. The summed E-state index contributed by atoms with van der Waals surface area (Å²) in [6.07, 6.45) is -6.08. The number of carbonyl (C=O) groups excluding carboxylic acids is 2. The molecular weight excluding hydrogens is 686 g/mol. The molecule has 20 heteroatoms. The van der Waals surface area contributed by atoms with Crippen molar-refractivity contribution in [2.45, 2.75) is 31.7 Å². The summed E-state index contributed by atoms with van der Waals surface area (Å²) in [5.74, 6) is -3.80. The van der Waals surface area contributed by atoms with Crippen LogP contribution in [0.4, 0.5) is 38.1 Å². The third-order valence-electron chi connectivity index (χ3n) is 7.18. The van der Waals surface area contributed by atoms with Gasteiger partial charge >= 0.3 is 71.3 Å². The molecule has 0 unspecified atom stereocenters. The molecule has 2 aliphatic rings. The van der Waals surface area contributed by atoms with Gasteiger partial charge in [-0.3, -0.25) is 9.69 Å². The van der Waals surface area contributed by atoms with Crippen LogP contribution in [0.15, 0.2) is 30.3 Å². The predicted molar refractivity (Wildman–Crippen MR) is 146 cm³/mol. The number of amides is 3. The van der Waals surface area contributed by atoms with Crippen LogP contribution >= 0.6 is 19.4 Å². The SMILES string of the molecule is O=C(Nc1ccc(Cl)cc1N1CCN(CCC(F)(F)F)CC1)c1ccc(CNC(=O)N2CC[C@@H](OP(=O)([O-])[O-])C2)c(F)c1F.[Na+].[Na+]. The number of benzene rings is 2. The fourth-order valence-corrected chi connectivity index (χ4v) is 5.63. The van der Waals surface area contributed by atoms with E-state index in [4.69, 9.17) is 11.6 Å². The second-order valence-electron chi connectivity index (χ2n) is 10.3. The number of nitrogens with one attached hydrogen (secondary N) is 2. The van der Waals surface area contributed by atoms with Crippen LogP contribution in [-0.2, 0) is 15.6 Å². The van der Waals surface area contributed by atoms with Crippen molar-refractivity contribution in [3.05, 3.63) is 58.1 Å². The Kier molecular flexibility index (Phi) is 15.7. The molecule has 2 saturated heterocycles. The Bertz CT molecular complexity index is 1430. The Labute approximate surface area is 310 Å². The van der Waals surface area contributed by atoms with Gasteiger partial charge in [-0.25, -0.2) is 13.6 Å². The van der Waals surface area contributed by atoms with E-state index in [1.54, 1.807) is 11.0 Å². The minimum absolute atomic E-state index is 0. The van der Waals surface area contributed by atoms with E-state index in [2.05, 4.69) is 15.2 Å². The number of anilines is 2. The van der Waals surface area contributed by atoms with Gasteiger partial charge in [0.15, 0.2) is 11.6 Å². The van der Waals surface area contributed by atoms with E-state index in [0.717, 1.165) is 17.0 Å². The summed E-state index contributed by atoms with van der Waals surface area (Å²) >= 11 is 6.15. The number of hydrogen-bond acceptors (Lipinski definition) is 8. The zero-order chi connectivity index (χ0) is 32.2. The molecule has 1 atom stereocenters. The van der Waals surface area contributed by atoms with Gasteiger partial charge in [-0.15, -0.1) is 0 Å². The van der Waals surface area contributed by atoms with Crippen molar-refractivity contribution in [1.82, 2.24) is 15.1 Å². The van der Waals surface area contributed by atoms with Crippen LogP contribution in [0, 0.1) is 11.6 Å². The summed E-state index contributed by atoms with van der Waals surface area (Å²) in [5.41, 5.74) is -0.185. The molecule has 0 saturated carbocycles. The molecule has 242 valence electrons. The Morgan fingerprint density at radius 1 is 1.02 bits per heavy atom. The number of hydrogen-bond donors (Lipinski definition) is 2. The molecule has 0 spiro atoms. The molecule has 2 N–H and O–H groups in total. The first-order valence-corrected chi connectivity index (χ1v) is 15.3. The number of nitrogens with zero attached hydrogens (tertiary/aromatic N) is 3. The van der Waals surface area contributed by atoms with Crippen molar-refractivity contribution in [2.75, 3.05) is 56.0 Å². The number of halogens is 6. The van der Waals surface area contributed by atoms with E-state index < -0.39 is 62.2 Å². The van der Waals surface area contributed by atoms with Crippen molar-refractivity contribution in [3.63, 3.8) is 0 Å². The molecule has 3 amide bonds. The van der Waals surface area contributed by atoms with Crippen LogP contribution in [0.3, 0.4) is 0 Å². The summed E-state index contributed by atoms with van der Waals surface area (Å²) < 4.78 is 82.7. The fourth-order valence-electron chi connectivity index (χ4n) is 4.92. The first kappa shape index (κ1) is 41.2. The number of urea groups is 1. The zero-order valence-corrected chi connectivity index (χ0v) is 30.7. The van der Waals surface area contributed by atoms with Gasteiger partial charge in [0.1, 0.15) is 0 Å². The van der Waals surface area contributed by atoms with Crippen LogP contribution < -0.4 is 84.4 Å². The van der Waals surface area contributed by atoms with Gasteiger partial charge < -0.3 is 39.3 Å². The second kappa shape index (κ2) is 17.6. The standard InChI is InChI=1S/C26H30ClF5N5O6P.2Na/c27-17-2-4-20(21(13-17)36-11-9-35(10-12-36)8-6-26(30,31)32)34-24(38)19-3-1-16(22(28)23(19)29)14-33-25(39)37-7-5-18(15-37)43-44(40,41)42;;/h1-4,13,18H,5-12,14-15H2,(H,33,39)(H,34,38)(H2,40,41,42);;/q;2*+1/p-2/t18-;;/m1../s1. The van der Waals surface area contributed by atoms with Crippen molar-refractivity contribution < 1.29 is 110 Å². The van der Waals surface area contributed by atoms with Gasteiger partial charge in [-0.2, -0.15) is 13.2 Å². The molecular formula is C26H28ClF5N5Na2O6P. The van der Waals surface area contributed by atoms with Crippen LogP contribution in [0.25, 0.3) is 0 Å². The number of phosphoric ester groups is 1. The first-order chi connectivity index (χ1) is 20.6. The van der Waals surface area contributed by atoms with E-state index >= 15 is 0 Å². The normalized spacial score (nSPS) is 17.3. The molecule has 2 fully saturated rings. The minimum atomic E-state index is -5.23. The Morgan fingerprint density at radius 3 is 2.33 bits per heavy atom. The summed E-state index contributed by atoms with van der Waals surface area (Å²) in [6, 6.07) is 5.96. The molecule has 0 aromatic heterocycles. The van der Waals surface area contributed by atoms with Crippen LogP contribution in [0.2, 0.25) is 5.02 Å². The van der Waals surface area contributed by atoms with Gasteiger partial charge in [0.25, 0.3) is 5.91 Å². The van der Waals surface area contributed by atoms with Gasteiger partial charge in [0.05, 0.1) is 37.3 Å². The minimum Gasteiger partial charge on any atom is -0.790 e. The Hall–Kier alpha value is -1.01. The van der Waals surface area contributed by atoms with E-state index in [1.807, 2.05) is 4.90 Å². The van der Waals surface area contributed by atoms with Crippen molar-refractivity contribution in [2.24, 2.45) is 0 Å². The zero-order valence-electron chi connectivity index (χ0n) is 25.0. The van der Waals surface area contributed by atoms with E-state index in [9.17, 15) is 45.9 Å². The molecule has 46 heavy (non-hydrogen) atoms. The molecule has 2 aromatic rings. The molecule has 2 aromatic carbocycles. The monoisotopic (exact) mass is 713 g/mol. The number of piperazine rings is 1. The summed E-state index contributed by atoms with van der Waals surface area (Å²) in [6.45, 7) is 0.656. The smallest absolute Gasteiger partial charge is 0.790 e. The Balaban J connectivity index is 0.00000368. The van der Waals surface area contributed by atoms with Crippen LogP contribution in [0.1, 0.15) is 28.8 Å². The van der Waals surface area contributed by atoms with Gasteiger partial charge in [-0.1, -0.05) is 17.7 Å². The topological polar surface area (TPSA) is 140 Å². The predicted octanol–water partition coefficient (Wildman–Crippen LogP) is -2.92. The van der Waals surface area contributed by atoms with Crippen molar-refractivity contribution >= 4 is 42.7 Å². The van der Waals surface area contributed by atoms with E-state index in [1.165, 1.54) is 12.1 Å². The molecule has 11 nitrogen and oxygen atoms in total. The van der Waals surface area contributed by atoms with E-state index in [0.29, 0.717) is 36.9 Å². The third kappa shape index (κ3) is 11.8. The van der Waals surface area contributed by atoms with Crippen molar-refractivity contribution in [3.8, 4) is 0 Å². The average Bonchev–Trinajstić information content (AvgIpc) is 3.40. The number of rotatable bonds is 9. The summed E-state index contributed by atoms with van der Waals surface area (Å²) in [5, 5.41) is 5.24. The summed E-state index contributed by atoms with van der Waals surface area (Å²) in [7, 11) is -5.23. The molecule has 0 radical (unpaired) electrons. The largest absolute Gasteiger partial charge is 1.00 e. The molecule has 4 rings (SSSR count). The molecule has 2 aliphatic heterocycles. The number of phosphoric acid groups is 1. The first-order valence-electron chi connectivity index (χ1n) is 13.4. The summed E-state index contributed by atoms with van der Waals surface area (Å²) in [4.78, 5) is 51.5. The maximum atomic E-state index is 15.0. The van der Waals surface area contributed by atoms with Gasteiger partial charge in [-0.05, 0) is 30.7 Å². The maximum Gasteiger partial charge on any atom is 1.00 e. The second-order valence-corrected chi connectivity index (χ2v) is 11.8. The molecule has 2 heterocycles. The van der Waals surface area contributed by atoms with Gasteiger partial charge in [0.2, 0.25) is 0 Å². The third-order valence-corrected chi connectivity index (χ3v) is 7.97. The number of carbonyl (C=O) groups is 2. The van der Waals surface area contributed by atoms with Crippen molar-refractivity contribution in [1.29, 1.82) is 0 Å². The average molecular weight is 714 g/mol. The van der Waals surface area contributed by atoms with Crippen LogP contribution in [0.5, 0.6) is 0 Å². The van der Waals surface area contributed by atoms with Gasteiger partial charge in [0, 0.05) is 62.9 Å².